The van der Waals surface area contributed by atoms with E-state index in [4.69, 9.17) is 17.4 Å². The van der Waals surface area contributed by atoms with E-state index < -0.39 is 0 Å². The first-order chi connectivity index (χ1) is 9.13. The van der Waals surface area contributed by atoms with Gasteiger partial charge in [0.15, 0.2) is 0 Å². The van der Waals surface area contributed by atoms with E-state index in [0.29, 0.717) is 17.0 Å². The van der Waals surface area contributed by atoms with Crippen LogP contribution in [0.1, 0.15) is 28.3 Å². The molecule has 102 valence electrons. The summed E-state index contributed by atoms with van der Waals surface area (Å²) in [6.07, 6.45) is 1.50. The van der Waals surface area contributed by atoms with Crippen LogP contribution in [0.2, 0.25) is 5.02 Å². The van der Waals surface area contributed by atoms with Crippen LogP contribution in [0, 0.1) is 5.82 Å². The van der Waals surface area contributed by atoms with Gasteiger partial charge in [-0.05, 0) is 42.7 Å². The van der Waals surface area contributed by atoms with Gasteiger partial charge in [-0.25, -0.2) is 4.39 Å². The largest absolute Gasteiger partial charge is 0.271 e. The van der Waals surface area contributed by atoms with Crippen LogP contribution in [-0.2, 0) is 12.8 Å². The van der Waals surface area contributed by atoms with Gasteiger partial charge in [0, 0.05) is 14.8 Å². The molecule has 2 rings (SSSR count). The monoisotopic (exact) mass is 298 g/mol. The lowest BCUT2D eigenvalue weighted by Gasteiger charge is -2.15. The van der Waals surface area contributed by atoms with Crippen molar-refractivity contribution in [1.29, 1.82) is 0 Å². The third-order valence-corrected chi connectivity index (χ3v) is 4.59. The van der Waals surface area contributed by atoms with Gasteiger partial charge < -0.3 is 0 Å². The van der Waals surface area contributed by atoms with E-state index in [9.17, 15) is 4.39 Å². The highest BCUT2D eigenvalue weighted by Gasteiger charge is 2.15. The molecule has 0 radical (unpaired) electrons. The standard InChI is InChI=1S/C14H16ClFN2S/c1-2-11-5-6-14(19-11)13(18-17)7-9-3-4-10(15)8-12(9)16/h3-6,8,13,18H,2,7,17H2,1H3. The van der Waals surface area contributed by atoms with Gasteiger partial charge in [0.05, 0.1) is 6.04 Å². The molecule has 0 fully saturated rings. The van der Waals surface area contributed by atoms with E-state index >= 15 is 0 Å². The second kappa shape index (κ2) is 6.48. The Bertz CT molecular complexity index is 556. The number of aryl methyl sites for hydroxylation is 1. The van der Waals surface area contributed by atoms with Crippen molar-refractivity contribution in [2.24, 2.45) is 5.84 Å². The van der Waals surface area contributed by atoms with Gasteiger partial charge in [0.25, 0.3) is 0 Å². The van der Waals surface area contributed by atoms with Crippen LogP contribution in [0.3, 0.4) is 0 Å². The summed E-state index contributed by atoms with van der Waals surface area (Å²) in [5.41, 5.74) is 3.37. The smallest absolute Gasteiger partial charge is 0.127 e. The van der Waals surface area contributed by atoms with Crippen LogP contribution in [0.15, 0.2) is 30.3 Å². The molecule has 1 heterocycles. The Kier molecular flexibility index (Phi) is 4.93. The Morgan fingerprint density at radius 1 is 1.37 bits per heavy atom. The van der Waals surface area contributed by atoms with Crippen molar-refractivity contribution in [2.45, 2.75) is 25.8 Å². The number of hydrazine groups is 1. The van der Waals surface area contributed by atoms with E-state index in [1.807, 2.05) is 6.07 Å². The van der Waals surface area contributed by atoms with E-state index in [1.54, 1.807) is 23.5 Å². The molecule has 0 saturated heterocycles. The van der Waals surface area contributed by atoms with Crippen LogP contribution in [0.25, 0.3) is 0 Å². The summed E-state index contributed by atoms with van der Waals surface area (Å²) in [4.78, 5) is 2.42. The maximum Gasteiger partial charge on any atom is 0.127 e. The van der Waals surface area contributed by atoms with E-state index in [-0.39, 0.29) is 11.9 Å². The number of hydrogen-bond donors (Lipinski definition) is 2. The van der Waals surface area contributed by atoms with Gasteiger partial charge in [-0.3, -0.25) is 11.3 Å². The van der Waals surface area contributed by atoms with Gasteiger partial charge in [-0.1, -0.05) is 24.6 Å². The van der Waals surface area contributed by atoms with Crippen molar-refractivity contribution >= 4 is 22.9 Å². The van der Waals surface area contributed by atoms with Crippen molar-refractivity contribution in [3.8, 4) is 0 Å². The van der Waals surface area contributed by atoms with Gasteiger partial charge in [0.2, 0.25) is 0 Å². The Hall–Kier alpha value is -0.940. The summed E-state index contributed by atoms with van der Waals surface area (Å²) >= 11 is 7.45. The Balaban J connectivity index is 2.18. The zero-order valence-corrected chi connectivity index (χ0v) is 12.2. The molecule has 1 unspecified atom stereocenters. The minimum atomic E-state index is -0.292. The van der Waals surface area contributed by atoms with E-state index in [2.05, 4.69) is 18.4 Å². The van der Waals surface area contributed by atoms with E-state index in [1.165, 1.54) is 10.9 Å². The number of rotatable bonds is 5. The lowest BCUT2D eigenvalue weighted by molar-refractivity contribution is 0.535. The first-order valence-corrected chi connectivity index (χ1v) is 7.32. The fourth-order valence-corrected chi connectivity index (χ4v) is 3.09. The number of hydrogen-bond acceptors (Lipinski definition) is 3. The quantitative estimate of drug-likeness (QED) is 0.650. The van der Waals surface area contributed by atoms with Gasteiger partial charge >= 0.3 is 0 Å². The highest BCUT2D eigenvalue weighted by atomic mass is 35.5. The molecule has 5 heteroatoms. The molecule has 0 aliphatic rings. The van der Waals surface area contributed by atoms with Gasteiger partial charge in [-0.15, -0.1) is 11.3 Å². The number of nitrogens with two attached hydrogens (primary N) is 1. The molecule has 0 saturated carbocycles. The molecule has 0 aliphatic carbocycles. The maximum atomic E-state index is 13.8. The molecule has 19 heavy (non-hydrogen) atoms. The fourth-order valence-electron chi connectivity index (χ4n) is 1.92. The van der Waals surface area contributed by atoms with Crippen LogP contribution < -0.4 is 11.3 Å². The van der Waals surface area contributed by atoms with Crippen molar-refractivity contribution < 1.29 is 4.39 Å². The predicted octanol–water partition coefficient (Wildman–Crippen LogP) is 3.85. The molecular formula is C14H16ClFN2S. The summed E-state index contributed by atoms with van der Waals surface area (Å²) in [5, 5.41) is 0.405. The summed E-state index contributed by atoms with van der Waals surface area (Å²) in [5.74, 6) is 5.30. The molecule has 2 nitrogen and oxygen atoms in total. The Labute approximate surface area is 121 Å². The number of halogens is 2. The van der Waals surface area contributed by atoms with Gasteiger partial charge in [-0.2, -0.15) is 0 Å². The minimum absolute atomic E-state index is 0.0824. The summed E-state index contributed by atoms with van der Waals surface area (Å²) in [6.45, 7) is 2.11. The third-order valence-electron chi connectivity index (χ3n) is 3.01. The van der Waals surface area contributed by atoms with Crippen molar-refractivity contribution in [3.63, 3.8) is 0 Å². The first kappa shape index (κ1) is 14.5. The summed E-state index contributed by atoms with van der Waals surface area (Å²) < 4.78 is 13.8. The number of benzene rings is 1. The van der Waals surface area contributed by atoms with Crippen molar-refractivity contribution in [1.82, 2.24) is 5.43 Å². The average molecular weight is 299 g/mol. The zero-order valence-electron chi connectivity index (χ0n) is 10.6. The maximum absolute atomic E-state index is 13.8. The van der Waals surface area contributed by atoms with Crippen LogP contribution >= 0.6 is 22.9 Å². The SMILES string of the molecule is CCc1ccc(C(Cc2ccc(Cl)cc2F)NN)s1. The highest BCUT2D eigenvalue weighted by molar-refractivity contribution is 7.12. The predicted molar refractivity (Wildman–Crippen MR) is 78.9 cm³/mol. The molecule has 1 aromatic carbocycles. The van der Waals surface area contributed by atoms with Crippen molar-refractivity contribution in [3.05, 3.63) is 56.5 Å². The van der Waals surface area contributed by atoms with Crippen LogP contribution in [0.5, 0.6) is 0 Å². The van der Waals surface area contributed by atoms with E-state index in [0.717, 1.165) is 11.3 Å². The molecule has 1 atom stereocenters. The first-order valence-electron chi connectivity index (χ1n) is 6.12. The van der Waals surface area contributed by atoms with Gasteiger partial charge in [0.1, 0.15) is 5.82 Å². The third kappa shape index (κ3) is 3.54. The Morgan fingerprint density at radius 2 is 2.16 bits per heavy atom. The molecule has 0 bridgehead atoms. The molecule has 2 aromatic rings. The molecule has 0 spiro atoms. The topological polar surface area (TPSA) is 38.0 Å². The summed E-state index contributed by atoms with van der Waals surface area (Å²) in [7, 11) is 0. The second-order valence-electron chi connectivity index (χ2n) is 4.32. The fraction of sp³-hybridized carbons (Fsp3) is 0.286. The molecule has 0 amide bonds. The molecule has 1 aromatic heterocycles. The number of nitrogens with one attached hydrogen (secondary N) is 1. The van der Waals surface area contributed by atoms with Crippen LogP contribution in [-0.4, -0.2) is 0 Å². The lowest BCUT2D eigenvalue weighted by Crippen LogP contribution is -2.29. The van der Waals surface area contributed by atoms with Crippen LogP contribution in [0.4, 0.5) is 4.39 Å². The molecule has 3 N–H and O–H groups in total. The summed E-state index contributed by atoms with van der Waals surface area (Å²) in [6, 6.07) is 8.78. The minimum Gasteiger partial charge on any atom is -0.271 e. The average Bonchev–Trinajstić information content (AvgIpc) is 2.86. The second-order valence-corrected chi connectivity index (χ2v) is 5.95. The number of thiophene rings is 1. The van der Waals surface area contributed by atoms with Crippen molar-refractivity contribution in [2.75, 3.05) is 0 Å². The Morgan fingerprint density at radius 3 is 2.74 bits per heavy atom. The zero-order chi connectivity index (χ0) is 13.8. The highest BCUT2D eigenvalue weighted by Crippen LogP contribution is 2.27. The molecular weight excluding hydrogens is 283 g/mol. The lowest BCUT2D eigenvalue weighted by atomic mass is 10.0. The molecule has 0 aliphatic heterocycles. The normalized spacial score (nSPS) is 12.6.